The monoisotopic (exact) mass is 245 g/mol. The van der Waals surface area contributed by atoms with Crippen molar-refractivity contribution in [2.24, 2.45) is 0 Å². The fourth-order valence-electron chi connectivity index (χ4n) is 2.64. The standard InChI is InChI=1S/C14H19N3O/c1-11-4-5-14-15-12(9-17(14)7-11)8-16-6-2-3-13(18)10-16/h4-5,7,9,13,18H,2-3,6,8,10H2,1H3/t13-/m0/s1. The molecule has 0 spiro atoms. The van der Waals surface area contributed by atoms with E-state index in [2.05, 4.69) is 39.7 Å². The number of pyridine rings is 1. The van der Waals surface area contributed by atoms with Gasteiger partial charge in [-0.2, -0.15) is 0 Å². The van der Waals surface area contributed by atoms with Crippen molar-refractivity contribution in [1.82, 2.24) is 14.3 Å². The van der Waals surface area contributed by atoms with E-state index < -0.39 is 0 Å². The van der Waals surface area contributed by atoms with E-state index in [-0.39, 0.29) is 6.10 Å². The number of aliphatic hydroxyl groups is 1. The summed E-state index contributed by atoms with van der Waals surface area (Å²) in [5, 5.41) is 9.67. The zero-order valence-electron chi connectivity index (χ0n) is 10.7. The molecule has 1 N–H and O–H groups in total. The number of β-amino-alcohol motifs (C(OH)–C–C–N with tert-alkyl or cyclic N) is 1. The molecule has 96 valence electrons. The third kappa shape index (κ3) is 2.40. The minimum Gasteiger partial charge on any atom is -0.392 e. The third-order valence-corrected chi connectivity index (χ3v) is 3.52. The molecule has 1 fully saturated rings. The Kier molecular flexibility index (Phi) is 3.06. The summed E-state index contributed by atoms with van der Waals surface area (Å²) in [6.45, 7) is 4.74. The highest BCUT2D eigenvalue weighted by molar-refractivity contribution is 5.41. The van der Waals surface area contributed by atoms with Crippen molar-refractivity contribution in [2.45, 2.75) is 32.4 Å². The molecule has 2 aromatic heterocycles. The Morgan fingerprint density at radius 2 is 2.28 bits per heavy atom. The van der Waals surface area contributed by atoms with Crippen LogP contribution < -0.4 is 0 Å². The van der Waals surface area contributed by atoms with Gasteiger partial charge < -0.3 is 9.51 Å². The van der Waals surface area contributed by atoms with E-state index in [0.717, 1.165) is 43.8 Å². The molecule has 1 atom stereocenters. The van der Waals surface area contributed by atoms with Crippen molar-refractivity contribution in [3.63, 3.8) is 0 Å². The molecule has 1 aliphatic rings. The van der Waals surface area contributed by atoms with Gasteiger partial charge in [-0.25, -0.2) is 4.98 Å². The zero-order chi connectivity index (χ0) is 12.5. The van der Waals surface area contributed by atoms with Crippen LogP contribution in [-0.2, 0) is 6.54 Å². The first-order valence-corrected chi connectivity index (χ1v) is 6.55. The molecule has 0 radical (unpaired) electrons. The number of aromatic nitrogens is 2. The SMILES string of the molecule is Cc1ccc2nc(CN3CCC[C@H](O)C3)cn2c1. The highest BCUT2D eigenvalue weighted by Crippen LogP contribution is 2.14. The van der Waals surface area contributed by atoms with Crippen LogP contribution in [0.15, 0.2) is 24.5 Å². The molecule has 1 aliphatic heterocycles. The molecule has 3 heterocycles. The Hall–Kier alpha value is -1.39. The quantitative estimate of drug-likeness (QED) is 0.873. The van der Waals surface area contributed by atoms with E-state index in [1.165, 1.54) is 5.56 Å². The maximum Gasteiger partial charge on any atom is 0.137 e. The maximum absolute atomic E-state index is 9.67. The topological polar surface area (TPSA) is 40.8 Å². The van der Waals surface area contributed by atoms with Crippen molar-refractivity contribution in [2.75, 3.05) is 13.1 Å². The number of imidazole rings is 1. The Morgan fingerprint density at radius 1 is 1.39 bits per heavy atom. The van der Waals surface area contributed by atoms with Crippen molar-refractivity contribution < 1.29 is 5.11 Å². The normalized spacial score (nSPS) is 21.6. The molecule has 0 bridgehead atoms. The minimum atomic E-state index is -0.168. The van der Waals surface area contributed by atoms with Crippen LogP contribution in [0.5, 0.6) is 0 Å². The van der Waals surface area contributed by atoms with Gasteiger partial charge in [-0.1, -0.05) is 6.07 Å². The van der Waals surface area contributed by atoms with Gasteiger partial charge in [-0.15, -0.1) is 0 Å². The number of hydrogen-bond donors (Lipinski definition) is 1. The lowest BCUT2D eigenvalue weighted by Gasteiger charge is -2.29. The molecule has 0 aliphatic carbocycles. The number of aryl methyl sites for hydroxylation is 1. The molecule has 1 saturated heterocycles. The molecule has 3 rings (SSSR count). The van der Waals surface area contributed by atoms with E-state index in [1.54, 1.807) is 0 Å². The van der Waals surface area contributed by atoms with Crippen LogP contribution in [0.4, 0.5) is 0 Å². The lowest BCUT2D eigenvalue weighted by molar-refractivity contribution is 0.0663. The van der Waals surface area contributed by atoms with Crippen LogP contribution in [0.2, 0.25) is 0 Å². The zero-order valence-corrected chi connectivity index (χ0v) is 10.7. The maximum atomic E-state index is 9.67. The largest absolute Gasteiger partial charge is 0.392 e. The summed E-state index contributed by atoms with van der Waals surface area (Å²) in [7, 11) is 0. The fourth-order valence-corrected chi connectivity index (χ4v) is 2.64. The van der Waals surface area contributed by atoms with E-state index >= 15 is 0 Å². The number of likely N-dealkylation sites (tertiary alicyclic amines) is 1. The van der Waals surface area contributed by atoms with Gasteiger partial charge in [0.15, 0.2) is 0 Å². The van der Waals surface area contributed by atoms with E-state index in [9.17, 15) is 5.11 Å². The van der Waals surface area contributed by atoms with Crippen LogP contribution in [0.1, 0.15) is 24.1 Å². The van der Waals surface area contributed by atoms with Gasteiger partial charge in [0.1, 0.15) is 5.65 Å². The summed E-state index contributed by atoms with van der Waals surface area (Å²) < 4.78 is 2.07. The number of piperidine rings is 1. The molecule has 2 aromatic rings. The van der Waals surface area contributed by atoms with Crippen LogP contribution >= 0.6 is 0 Å². The first-order valence-electron chi connectivity index (χ1n) is 6.55. The second-order valence-electron chi connectivity index (χ2n) is 5.24. The summed E-state index contributed by atoms with van der Waals surface area (Å²) in [4.78, 5) is 6.89. The smallest absolute Gasteiger partial charge is 0.137 e. The second-order valence-corrected chi connectivity index (χ2v) is 5.24. The van der Waals surface area contributed by atoms with Crippen LogP contribution in [0.3, 0.4) is 0 Å². The highest BCUT2D eigenvalue weighted by Gasteiger charge is 2.18. The van der Waals surface area contributed by atoms with E-state index in [0.29, 0.717) is 0 Å². The summed E-state index contributed by atoms with van der Waals surface area (Å²) in [5.41, 5.74) is 3.31. The number of aliphatic hydroxyl groups excluding tert-OH is 1. The van der Waals surface area contributed by atoms with E-state index in [1.807, 2.05) is 6.07 Å². The molecule has 0 unspecified atom stereocenters. The Labute approximate surface area is 107 Å². The molecule has 4 heteroatoms. The minimum absolute atomic E-state index is 0.168. The molecular formula is C14H19N3O. The molecule has 0 aromatic carbocycles. The lowest BCUT2D eigenvalue weighted by Crippen LogP contribution is -2.37. The number of nitrogens with zero attached hydrogens (tertiary/aromatic N) is 3. The van der Waals surface area contributed by atoms with Crippen molar-refractivity contribution in [1.29, 1.82) is 0 Å². The van der Waals surface area contributed by atoms with Crippen molar-refractivity contribution in [3.05, 3.63) is 35.8 Å². The van der Waals surface area contributed by atoms with Gasteiger partial charge in [-0.05, 0) is 37.9 Å². The average Bonchev–Trinajstić information content (AvgIpc) is 2.70. The predicted molar refractivity (Wildman–Crippen MR) is 70.4 cm³/mol. The molecular weight excluding hydrogens is 226 g/mol. The summed E-state index contributed by atoms with van der Waals surface area (Å²) in [6, 6.07) is 4.13. The van der Waals surface area contributed by atoms with Crippen LogP contribution in [0, 0.1) is 6.92 Å². The van der Waals surface area contributed by atoms with Crippen molar-refractivity contribution in [3.8, 4) is 0 Å². The Balaban J connectivity index is 1.78. The van der Waals surface area contributed by atoms with Crippen LogP contribution in [0.25, 0.3) is 5.65 Å². The first-order chi connectivity index (χ1) is 8.70. The Morgan fingerprint density at radius 3 is 3.11 bits per heavy atom. The molecule has 0 saturated carbocycles. The summed E-state index contributed by atoms with van der Waals surface area (Å²) in [5.74, 6) is 0. The number of hydrogen-bond acceptors (Lipinski definition) is 3. The van der Waals surface area contributed by atoms with Gasteiger partial charge >= 0.3 is 0 Å². The third-order valence-electron chi connectivity index (χ3n) is 3.52. The van der Waals surface area contributed by atoms with E-state index in [4.69, 9.17) is 0 Å². The lowest BCUT2D eigenvalue weighted by atomic mass is 10.1. The number of rotatable bonds is 2. The van der Waals surface area contributed by atoms with Crippen LogP contribution in [-0.4, -0.2) is 38.6 Å². The van der Waals surface area contributed by atoms with Gasteiger partial charge in [0, 0.05) is 25.5 Å². The first kappa shape index (κ1) is 11.7. The van der Waals surface area contributed by atoms with Gasteiger partial charge in [-0.3, -0.25) is 4.90 Å². The second kappa shape index (κ2) is 4.71. The summed E-state index contributed by atoms with van der Waals surface area (Å²) >= 11 is 0. The fraction of sp³-hybridized carbons (Fsp3) is 0.500. The highest BCUT2D eigenvalue weighted by atomic mass is 16.3. The van der Waals surface area contributed by atoms with Gasteiger partial charge in [0.25, 0.3) is 0 Å². The molecule has 4 nitrogen and oxygen atoms in total. The average molecular weight is 245 g/mol. The molecule has 0 amide bonds. The molecule has 18 heavy (non-hydrogen) atoms. The number of fused-ring (bicyclic) bond motifs is 1. The Bertz CT molecular complexity index is 549. The van der Waals surface area contributed by atoms with Gasteiger partial charge in [0.05, 0.1) is 11.8 Å². The van der Waals surface area contributed by atoms with Gasteiger partial charge in [0.2, 0.25) is 0 Å². The predicted octanol–water partition coefficient (Wildman–Crippen LogP) is 1.60. The summed E-state index contributed by atoms with van der Waals surface area (Å²) in [6.07, 6.45) is 6.02. The van der Waals surface area contributed by atoms with Crippen molar-refractivity contribution >= 4 is 5.65 Å².